The van der Waals surface area contributed by atoms with Gasteiger partial charge in [-0.3, -0.25) is 4.90 Å². The van der Waals surface area contributed by atoms with Gasteiger partial charge in [0, 0.05) is 26.7 Å². The fourth-order valence-electron chi connectivity index (χ4n) is 1.72. The second-order valence-electron chi connectivity index (χ2n) is 3.43. The van der Waals surface area contributed by atoms with E-state index in [0.29, 0.717) is 19.5 Å². The Kier molecular flexibility index (Phi) is 3.74. The van der Waals surface area contributed by atoms with Gasteiger partial charge in [-0.1, -0.05) is 0 Å². The lowest BCUT2D eigenvalue weighted by molar-refractivity contribution is -0.179. The van der Waals surface area contributed by atoms with Crippen molar-refractivity contribution in [3.63, 3.8) is 0 Å². The second kappa shape index (κ2) is 4.46. The minimum atomic E-state index is -4.24. The number of nitrogens with zero attached hydrogens (tertiary/aromatic N) is 1. The SMILES string of the molecule is COC1CCN(C(CN)C(F)(F)F)C1. The molecule has 0 aliphatic carbocycles. The van der Waals surface area contributed by atoms with Gasteiger partial charge in [-0.25, -0.2) is 0 Å². The van der Waals surface area contributed by atoms with Gasteiger partial charge in [-0.2, -0.15) is 13.2 Å². The number of methoxy groups -OCH3 is 1. The highest BCUT2D eigenvalue weighted by Crippen LogP contribution is 2.27. The van der Waals surface area contributed by atoms with Crippen molar-refractivity contribution in [3.05, 3.63) is 0 Å². The zero-order valence-electron chi connectivity index (χ0n) is 8.05. The van der Waals surface area contributed by atoms with Crippen LogP contribution in [0.5, 0.6) is 0 Å². The number of hydrogen-bond donors (Lipinski definition) is 1. The van der Waals surface area contributed by atoms with Crippen molar-refractivity contribution >= 4 is 0 Å². The fourth-order valence-corrected chi connectivity index (χ4v) is 1.72. The lowest BCUT2D eigenvalue weighted by Crippen LogP contribution is -2.49. The highest BCUT2D eigenvalue weighted by Gasteiger charge is 2.44. The summed E-state index contributed by atoms with van der Waals surface area (Å²) in [6.45, 7) is 0.331. The van der Waals surface area contributed by atoms with Gasteiger partial charge >= 0.3 is 6.18 Å². The summed E-state index contributed by atoms with van der Waals surface area (Å²) in [6, 6.07) is -1.53. The predicted octanol–water partition coefficient (Wildman–Crippen LogP) is 0.597. The Morgan fingerprint density at radius 1 is 1.57 bits per heavy atom. The molecule has 2 N–H and O–H groups in total. The van der Waals surface area contributed by atoms with Crippen LogP contribution in [0, 0.1) is 0 Å². The molecular formula is C8H15F3N2O. The quantitative estimate of drug-likeness (QED) is 0.744. The minimum absolute atomic E-state index is 0.0913. The molecule has 0 bridgehead atoms. The molecule has 0 aromatic heterocycles. The van der Waals surface area contributed by atoms with Gasteiger partial charge in [-0.05, 0) is 6.42 Å². The highest BCUT2D eigenvalue weighted by molar-refractivity contribution is 4.86. The van der Waals surface area contributed by atoms with Gasteiger partial charge in [0.15, 0.2) is 0 Å². The molecule has 2 unspecified atom stereocenters. The molecule has 1 saturated heterocycles. The van der Waals surface area contributed by atoms with Crippen LogP contribution in [0.15, 0.2) is 0 Å². The van der Waals surface area contributed by atoms with Crippen molar-refractivity contribution in [3.8, 4) is 0 Å². The first kappa shape index (κ1) is 11.7. The standard InChI is InChI=1S/C8H15F3N2O/c1-14-6-2-3-13(5-6)7(4-12)8(9,10)11/h6-7H,2-5,12H2,1H3. The van der Waals surface area contributed by atoms with Crippen LogP contribution in [0.1, 0.15) is 6.42 Å². The summed E-state index contributed by atoms with van der Waals surface area (Å²) in [7, 11) is 1.51. The van der Waals surface area contributed by atoms with Crippen LogP contribution in [-0.2, 0) is 4.74 Å². The molecule has 1 heterocycles. The number of nitrogens with two attached hydrogens (primary N) is 1. The Bertz CT molecular complexity index is 186. The molecule has 0 aromatic rings. The van der Waals surface area contributed by atoms with Crippen molar-refractivity contribution in [2.75, 3.05) is 26.7 Å². The first-order valence-corrected chi connectivity index (χ1v) is 4.52. The Morgan fingerprint density at radius 2 is 2.21 bits per heavy atom. The molecule has 1 aliphatic heterocycles. The zero-order chi connectivity index (χ0) is 10.8. The van der Waals surface area contributed by atoms with Gasteiger partial charge in [0.2, 0.25) is 0 Å². The first-order valence-electron chi connectivity index (χ1n) is 4.52. The molecular weight excluding hydrogens is 197 g/mol. The largest absolute Gasteiger partial charge is 0.405 e. The lowest BCUT2D eigenvalue weighted by atomic mass is 10.2. The van der Waals surface area contributed by atoms with Gasteiger partial charge < -0.3 is 10.5 Å². The molecule has 1 fully saturated rings. The van der Waals surface area contributed by atoms with Gasteiger partial charge in [0.05, 0.1) is 6.10 Å². The maximum atomic E-state index is 12.4. The molecule has 2 atom stereocenters. The van der Waals surface area contributed by atoms with Crippen molar-refractivity contribution in [2.24, 2.45) is 5.73 Å². The number of rotatable bonds is 3. The van der Waals surface area contributed by atoms with E-state index in [-0.39, 0.29) is 12.6 Å². The van der Waals surface area contributed by atoms with Crippen LogP contribution < -0.4 is 5.73 Å². The maximum Gasteiger partial charge on any atom is 0.405 e. The van der Waals surface area contributed by atoms with Crippen LogP contribution in [-0.4, -0.2) is 50.0 Å². The van der Waals surface area contributed by atoms with E-state index in [4.69, 9.17) is 10.5 Å². The number of ether oxygens (including phenoxy) is 1. The third-order valence-electron chi connectivity index (χ3n) is 2.55. The first-order chi connectivity index (χ1) is 6.49. The average molecular weight is 212 g/mol. The summed E-state index contributed by atoms with van der Waals surface area (Å²) in [4.78, 5) is 1.34. The van der Waals surface area contributed by atoms with Crippen LogP contribution >= 0.6 is 0 Å². The minimum Gasteiger partial charge on any atom is -0.380 e. The second-order valence-corrected chi connectivity index (χ2v) is 3.43. The molecule has 0 saturated carbocycles. The number of hydrogen-bond acceptors (Lipinski definition) is 3. The third-order valence-corrected chi connectivity index (χ3v) is 2.55. The summed E-state index contributed by atoms with van der Waals surface area (Å²) in [5, 5.41) is 0. The van der Waals surface area contributed by atoms with Crippen LogP contribution in [0.25, 0.3) is 0 Å². The molecule has 84 valence electrons. The topological polar surface area (TPSA) is 38.5 Å². The number of alkyl halides is 3. The van der Waals surface area contributed by atoms with Crippen molar-refractivity contribution in [1.29, 1.82) is 0 Å². The van der Waals surface area contributed by atoms with Gasteiger partial charge in [-0.15, -0.1) is 0 Å². The van der Waals surface area contributed by atoms with Crippen LogP contribution in [0.4, 0.5) is 13.2 Å². The Hall–Kier alpha value is -0.330. The zero-order valence-corrected chi connectivity index (χ0v) is 8.05. The number of likely N-dealkylation sites (tertiary alicyclic amines) is 1. The van der Waals surface area contributed by atoms with E-state index in [1.54, 1.807) is 0 Å². The average Bonchev–Trinajstić information content (AvgIpc) is 2.51. The molecule has 1 aliphatic rings. The van der Waals surface area contributed by atoms with E-state index >= 15 is 0 Å². The summed E-state index contributed by atoms with van der Waals surface area (Å²) >= 11 is 0. The monoisotopic (exact) mass is 212 g/mol. The number of halogens is 3. The summed E-state index contributed by atoms with van der Waals surface area (Å²) in [5.41, 5.74) is 5.12. The summed E-state index contributed by atoms with van der Waals surface area (Å²) in [6.07, 6.45) is -3.69. The third kappa shape index (κ3) is 2.59. The Morgan fingerprint density at radius 3 is 2.57 bits per heavy atom. The molecule has 0 radical (unpaired) electrons. The predicted molar refractivity (Wildman–Crippen MR) is 45.9 cm³/mol. The highest BCUT2D eigenvalue weighted by atomic mass is 19.4. The molecule has 6 heteroatoms. The fraction of sp³-hybridized carbons (Fsp3) is 1.00. The molecule has 1 rings (SSSR count). The molecule has 0 aromatic carbocycles. The molecule has 3 nitrogen and oxygen atoms in total. The van der Waals surface area contributed by atoms with Crippen molar-refractivity contribution < 1.29 is 17.9 Å². The van der Waals surface area contributed by atoms with Crippen LogP contribution in [0.3, 0.4) is 0 Å². The van der Waals surface area contributed by atoms with Gasteiger partial charge in [0.1, 0.15) is 6.04 Å². The molecule has 14 heavy (non-hydrogen) atoms. The molecule has 0 amide bonds. The van der Waals surface area contributed by atoms with E-state index in [0.717, 1.165) is 0 Å². The van der Waals surface area contributed by atoms with Crippen molar-refractivity contribution in [1.82, 2.24) is 4.90 Å². The van der Waals surface area contributed by atoms with E-state index < -0.39 is 12.2 Å². The summed E-state index contributed by atoms with van der Waals surface area (Å²) < 4.78 is 42.3. The van der Waals surface area contributed by atoms with Gasteiger partial charge in [0.25, 0.3) is 0 Å². The smallest absolute Gasteiger partial charge is 0.380 e. The van der Waals surface area contributed by atoms with E-state index in [1.165, 1.54) is 12.0 Å². The lowest BCUT2D eigenvalue weighted by Gasteiger charge is -2.28. The maximum absolute atomic E-state index is 12.4. The Labute approximate surface area is 81.0 Å². The van der Waals surface area contributed by atoms with E-state index in [1.807, 2.05) is 0 Å². The van der Waals surface area contributed by atoms with Crippen molar-refractivity contribution in [2.45, 2.75) is 24.7 Å². The van der Waals surface area contributed by atoms with E-state index in [9.17, 15) is 13.2 Å². The summed E-state index contributed by atoms with van der Waals surface area (Å²) in [5.74, 6) is 0. The van der Waals surface area contributed by atoms with Crippen LogP contribution in [0.2, 0.25) is 0 Å². The normalized spacial score (nSPS) is 26.8. The van der Waals surface area contributed by atoms with E-state index in [2.05, 4.69) is 0 Å². The Balaban J connectivity index is 2.55. The molecule has 0 spiro atoms.